The molecule has 4 aromatic rings. The van der Waals surface area contributed by atoms with Gasteiger partial charge in [0.1, 0.15) is 5.82 Å². The summed E-state index contributed by atoms with van der Waals surface area (Å²) in [5.41, 5.74) is 4.75. The Labute approximate surface area is 209 Å². The number of benzene rings is 2. The topological polar surface area (TPSA) is 63.5 Å². The summed E-state index contributed by atoms with van der Waals surface area (Å²) in [6.45, 7) is 5.35. The van der Waals surface area contributed by atoms with Crippen molar-refractivity contribution in [2.45, 2.75) is 13.5 Å². The lowest BCUT2D eigenvalue weighted by Crippen LogP contribution is -2.48. The molecule has 184 valence electrons. The van der Waals surface area contributed by atoms with Crippen molar-refractivity contribution in [1.82, 2.24) is 24.6 Å². The monoisotopic (exact) mass is 485 g/mol. The van der Waals surface area contributed by atoms with Gasteiger partial charge in [-0.3, -0.25) is 9.88 Å². The summed E-state index contributed by atoms with van der Waals surface area (Å²) in [7, 11) is 0. The van der Waals surface area contributed by atoms with Gasteiger partial charge in [0.25, 0.3) is 0 Å². The van der Waals surface area contributed by atoms with Gasteiger partial charge in [0.15, 0.2) is 0 Å². The van der Waals surface area contributed by atoms with E-state index in [1.165, 1.54) is 6.07 Å². The van der Waals surface area contributed by atoms with Gasteiger partial charge in [-0.25, -0.2) is 13.9 Å². The summed E-state index contributed by atoms with van der Waals surface area (Å²) in [5, 5.41) is 4.64. The van der Waals surface area contributed by atoms with Crippen LogP contribution in [0.15, 0.2) is 79.1 Å². The number of carbonyl (C=O) groups excluding carboxylic acids is 1. The van der Waals surface area contributed by atoms with Crippen molar-refractivity contribution in [3.8, 4) is 28.2 Å². The molecule has 1 aliphatic rings. The molecule has 2 aromatic carbocycles. The van der Waals surface area contributed by atoms with Gasteiger partial charge in [0.05, 0.1) is 36.1 Å². The zero-order valence-electron chi connectivity index (χ0n) is 20.2. The molecule has 8 heteroatoms. The molecule has 1 amide bonds. The number of hydrogen-bond acceptors (Lipinski definition) is 5. The molecule has 0 spiro atoms. The molecule has 0 bridgehead atoms. The van der Waals surface area contributed by atoms with E-state index in [9.17, 15) is 9.18 Å². The van der Waals surface area contributed by atoms with E-state index in [0.717, 1.165) is 22.5 Å². The van der Waals surface area contributed by atoms with Gasteiger partial charge < -0.3 is 9.64 Å². The molecule has 0 unspecified atom stereocenters. The Morgan fingerprint density at radius 2 is 1.69 bits per heavy atom. The van der Waals surface area contributed by atoms with Gasteiger partial charge in [-0.15, -0.1) is 0 Å². The number of aromatic nitrogens is 3. The normalized spacial score (nSPS) is 14.1. The predicted octanol–water partition coefficient (Wildman–Crippen LogP) is 5.01. The number of piperazine rings is 1. The third-order valence-corrected chi connectivity index (χ3v) is 6.33. The lowest BCUT2D eigenvalue weighted by Gasteiger charge is -2.34. The van der Waals surface area contributed by atoms with E-state index in [2.05, 4.69) is 15.0 Å². The van der Waals surface area contributed by atoms with Crippen LogP contribution in [0, 0.1) is 5.82 Å². The van der Waals surface area contributed by atoms with E-state index in [4.69, 9.17) is 4.74 Å². The number of amides is 1. The number of ether oxygens (including phenoxy) is 1. The molecule has 0 radical (unpaired) electrons. The molecule has 0 aliphatic carbocycles. The van der Waals surface area contributed by atoms with E-state index in [-0.39, 0.29) is 11.9 Å². The molecule has 2 aromatic heterocycles. The van der Waals surface area contributed by atoms with Crippen LogP contribution in [0.5, 0.6) is 0 Å². The minimum Gasteiger partial charge on any atom is -0.450 e. The molecule has 1 saturated heterocycles. The van der Waals surface area contributed by atoms with E-state index >= 15 is 0 Å². The van der Waals surface area contributed by atoms with Crippen LogP contribution >= 0.6 is 0 Å². The lowest BCUT2D eigenvalue weighted by molar-refractivity contribution is 0.0779. The van der Waals surface area contributed by atoms with E-state index in [1.807, 2.05) is 48.5 Å². The smallest absolute Gasteiger partial charge is 0.409 e. The first-order valence-electron chi connectivity index (χ1n) is 12.1. The summed E-state index contributed by atoms with van der Waals surface area (Å²) in [6, 6.07) is 20.6. The quantitative estimate of drug-likeness (QED) is 0.384. The number of carbonyl (C=O) groups is 1. The average Bonchev–Trinajstić information content (AvgIpc) is 3.33. The average molecular weight is 486 g/mol. The van der Waals surface area contributed by atoms with Crippen LogP contribution < -0.4 is 0 Å². The summed E-state index contributed by atoms with van der Waals surface area (Å²) in [5.74, 6) is -0.304. The first-order chi connectivity index (χ1) is 17.6. The maximum absolute atomic E-state index is 15.0. The van der Waals surface area contributed by atoms with Gasteiger partial charge in [-0.1, -0.05) is 42.5 Å². The predicted molar refractivity (Wildman–Crippen MR) is 136 cm³/mol. The van der Waals surface area contributed by atoms with Crippen LogP contribution in [0.1, 0.15) is 12.5 Å². The highest BCUT2D eigenvalue weighted by Crippen LogP contribution is 2.30. The highest BCUT2D eigenvalue weighted by atomic mass is 19.1. The van der Waals surface area contributed by atoms with Gasteiger partial charge in [-0.2, -0.15) is 5.10 Å². The molecule has 36 heavy (non-hydrogen) atoms. The zero-order chi connectivity index (χ0) is 24.9. The van der Waals surface area contributed by atoms with Crippen LogP contribution in [0.4, 0.5) is 9.18 Å². The lowest BCUT2D eigenvalue weighted by atomic mass is 10.1. The molecule has 0 saturated carbocycles. The molecule has 1 fully saturated rings. The molecule has 0 atom stereocenters. The minimum absolute atomic E-state index is 0.275. The van der Waals surface area contributed by atoms with Crippen molar-refractivity contribution in [2.75, 3.05) is 32.8 Å². The minimum atomic E-state index is -0.304. The van der Waals surface area contributed by atoms with Crippen molar-refractivity contribution in [1.29, 1.82) is 0 Å². The Morgan fingerprint density at radius 1 is 0.944 bits per heavy atom. The first kappa shape index (κ1) is 23.7. The van der Waals surface area contributed by atoms with Crippen molar-refractivity contribution >= 4 is 6.09 Å². The second-order valence-corrected chi connectivity index (χ2v) is 8.64. The van der Waals surface area contributed by atoms with E-state index in [0.29, 0.717) is 50.6 Å². The van der Waals surface area contributed by atoms with Gasteiger partial charge in [0, 0.05) is 49.4 Å². The van der Waals surface area contributed by atoms with Crippen LogP contribution in [-0.2, 0) is 11.3 Å². The highest BCUT2D eigenvalue weighted by molar-refractivity contribution is 5.68. The SMILES string of the molecule is CCOC(=O)N1CCN(Cc2cnn(-c3ccc(-c4ccccc4)nc3)c2-c2ccccc2F)CC1. The molecular weight excluding hydrogens is 457 g/mol. The third kappa shape index (κ3) is 4.99. The Kier molecular flexibility index (Phi) is 7.04. The Balaban J connectivity index is 1.43. The number of halogens is 1. The third-order valence-electron chi connectivity index (χ3n) is 6.33. The zero-order valence-corrected chi connectivity index (χ0v) is 20.2. The standard InChI is InChI=1S/C28H28FN5O2/c1-2-36-28(35)33-16-14-32(15-17-33)20-22-18-31-34(27(22)24-10-6-7-11-25(24)29)23-12-13-26(30-19-23)21-8-4-3-5-9-21/h3-13,18-19H,2,14-17,20H2,1H3. The number of nitrogens with zero attached hydrogens (tertiary/aromatic N) is 5. The van der Waals surface area contributed by atoms with Crippen molar-refractivity contribution < 1.29 is 13.9 Å². The summed E-state index contributed by atoms with van der Waals surface area (Å²) >= 11 is 0. The summed E-state index contributed by atoms with van der Waals surface area (Å²) in [6.07, 6.45) is 3.29. The molecule has 5 rings (SSSR count). The van der Waals surface area contributed by atoms with E-state index in [1.54, 1.807) is 41.0 Å². The first-order valence-corrected chi connectivity index (χ1v) is 12.1. The second-order valence-electron chi connectivity index (χ2n) is 8.64. The van der Waals surface area contributed by atoms with Crippen molar-refractivity contribution in [3.63, 3.8) is 0 Å². The maximum Gasteiger partial charge on any atom is 0.409 e. The fraction of sp³-hybridized carbons (Fsp3) is 0.250. The van der Waals surface area contributed by atoms with Crippen LogP contribution in [0.2, 0.25) is 0 Å². The largest absolute Gasteiger partial charge is 0.450 e. The second kappa shape index (κ2) is 10.7. The fourth-order valence-electron chi connectivity index (χ4n) is 4.47. The van der Waals surface area contributed by atoms with Gasteiger partial charge in [-0.05, 0) is 31.2 Å². The highest BCUT2D eigenvalue weighted by Gasteiger charge is 2.24. The Hall–Kier alpha value is -4.04. The summed E-state index contributed by atoms with van der Waals surface area (Å²) in [4.78, 5) is 20.6. The van der Waals surface area contributed by atoms with Crippen LogP contribution in [0.25, 0.3) is 28.2 Å². The molecular formula is C28H28FN5O2. The fourth-order valence-corrected chi connectivity index (χ4v) is 4.47. The Morgan fingerprint density at radius 3 is 2.39 bits per heavy atom. The van der Waals surface area contributed by atoms with Crippen molar-refractivity contribution in [3.05, 3.63) is 90.5 Å². The molecule has 1 aliphatic heterocycles. The number of hydrogen-bond donors (Lipinski definition) is 0. The van der Waals surface area contributed by atoms with Gasteiger partial charge in [0.2, 0.25) is 0 Å². The van der Waals surface area contributed by atoms with Crippen molar-refractivity contribution in [2.24, 2.45) is 0 Å². The van der Waals surface area contributed by atoms with Crippen LogP contribution in [-0.4, -0.2) is 63.4 Å². The van der Waals surface area contributed by atoms with Gasteiger partial charge >= 0.3 is 6.09 Å². The summed E-state index contributed by atoms with van der Waals surface area (Å²) < 4.78 is 21.9. The maximum atomic E-state index is 15.0. The van der Waals surface area contributed by atoms with Crippen LogP contribution in [0.3, 0.4) is 0 Å². The molecule has 3 heterocycles. The molecule has 7 nitrogen and oxygen atoms in total. The van der Waals surface area contributed by atoms with E-state index < -0.39 is 0 Å². The molecule has 0 N–H and O–H groups in total. The Bertz CT molecular complexity index is 1320. The number of rotatable bonds is 6. The number of pyridine rings is 1.